The Kier molecular flexibility index (Phi) is 4.22. The fourth-order valence-corrected chi connectivity index (χ4v) is 2.85. The number of likely N-dealkylation sites (tertiary alicyclic amines) is 1. The maximum Gasteiger partial charge on any atom is 0.148 e. The molecule has 0 N–H and O–H groups in total. The first-order valence-electron chi connectivity index (χ1n) is 5.67. The molecule has 1 saturated heterocycles. The van der Waals surface area contributed by atoms with Crippen LogP contribution in [0, 0.1) is 0 Å². The number of nitrogens with zero attached hydrogens (tertiary/aromatic N) is 4. The number of rotatable bonds is 3. The van der Waals surface area contributed by atoms with Gasteiger partial charge in [0.15, 0.2) is 0 Å². The molecule has 0 amide bonds. The zero-order valence-corrected chi connectivity index (χ0v) is 12.4. The lowest BCUT2D eigenvalue weighted by atomic mass is 10.2. The lowest BCUT2D eigenvalue weighted by Crippen LogP contribution is -2.37. The molecule has 17 heavy (non-hydrogen) atoms. The number of hydrogen-bond acceptors (Lipinski definition) is 4. The molecule has 1 aromatic heterocycles. The predicted octanol–water partition coefficient (Wildman–Crippen LogP) is 2.42. The molecule has 4 nitrogen and oxygen atoms in total. The van der Waals surface area contributed by atoms with Crippen LogP contribution >= 0.6 is 27.5 Å². The SMILES string of the molecule is CN(CC1CCCN1C)c1ncnc(Cl)c1Br. The van der Waals surface area contributed by atoms with E-state index < -0.39 is 0 Å². The number of anilines is 1. The maximum absolute atomic E-state index is 5.97. The minimum absolute atomic E-state index is 0.460. The molecular weight excluding hydrogens is 304 g/mol. The van der Waals surface area contributed by atoms with Gasteiger partial charge >= 0.3 is 0 Å². The zero-order valence-electron chi connectivity index (χ0n) is 10.0. The Labute approximate surface area is 115 Å². The highest BCUT2D eigenvalue weighted by Gasteiger charge is 2.23. The normalized spacial score (nSPS) is 20.8. The average Bonchev–Trinajstić information content (AvgIpc) is 2.68. The van der Waals surface area contributed by atoms with E-state index in [-0.39, 0.29) is 0 Å². The lowest BCUT2D eigenvalue weighted by molar-refractivity contribution is 0.314. The lowest BCUT2D eigenvalue weighted by Gasteiger charge is -2.27. The number of hydrogen-bond donors (Lipinski definition) is 0. The van der Waals surface area contributed by atoms with Crippen LogP contribution in [0.1, 0.15) is 12.8 Å². The highest BCUT2D eigenvalue weighted by atomic mass is 79.9. The third-order valence-electron chi connectivity index (χ3n) is 3.25. The van der Waals surface area contributed by atoms with Crippen molar-refractivity contribution in [2.24, 2.45) is 0 Å². The molecule has 1 atom stereocenters. The van der Waals surface area contributed by atoms with E-state index in [0.717, 1.165) is 16.8 Å². The molecule has 2 rings (SSSR count). The van der Waals surface area contributed by atoms with E-state index in [2.05, 4.69) is 42.7 Å². The van der Waals surface area contributed by atoms with Crippen LogP contribution in [0.25, 0.3) is 0 Å². The van der Waals surface area contributed by atoms with Crippen LogP contribution in [0.2, 0.25) is 5.15 Å². The number of halogens is 2. The van der Waals surface area contributed by atoms with Crippen molar-refractivity contribution in [3.63, 3.8) is 0 Å². The van der Waals surface area contributed by atoms with Crippen molar-refractivity contribution in [3.05, 3.63) is 16.0 Å². The summed E-state index contributed by atoms with van der Waals surface area (Å²) in [6, 6.07) is 0.598. The number of likely N-dealkylation sites (N-methyl/N-ethyl adjacent to an activating group) is 2. The quantitative estimate of drug-likeness (QED) is 0.801. The van der Waals surface area contributed by atoms with E-state index in [1.54, 1.807) is 0 Å². The van der Waals surface area contributed by atoms with E-state index in [9.17, 15) is 0 Å². The van der Waals surface area contributed by atoms with Crippen molar-refractivity contribution in [2.75, 3.05) is 32.1 Å². The summed E-state index contributed by atoms with van der Waals surface area (Å²) in [4.78, 5) is 12.7. The van der Waals surface area contributed by atoms with Crippen LogP contribution in [0.4, 0.5) is 5.82 Å². The second kappa shape index (κ2) is 5.50. The standard InChI is InChI=1S/C11H16BrClN4/c1-16-5-3-4-8(16)6-17(2)11-9(12)10(13)14-7-15-11/h7-8H,3-6H2,1-2H3. The van der Waals surface area contributed by atoms with Crippen molar-refractivity contribution in [2.45, 2.75) is 18.9 Å². The third kappa shape index (κ3) is 2.89. The molecule has 1 aliphatic rings. The minimum Gasteiger partial charge on any atom is -0.357 e. The highest BCUT2D eigenvalue weighted by Crippen LogP contribution is 2.29. The van der Waals surface area contributed by atoms with Crippen LogP contribution in [0.3, 0.4) is 0 Å². The summed E-state index contributed by atoms with van der Waals surface area (Å²) in [6.45, 7) is 2.15. The fourth-order valence-electron chi connectivity index (χ4n) is 2.22. The molecule has 0 radical (unpaired) electrons. The van der Waals surface area contributed by atoms with Gasteiger partial charge in [-0.1, -0.05) is 11.6 Å². The van der Waals surface area contributed by atoms with Gasteiger partial charge in [0, 0.05) is 19.6 Å². The molecule has 6 heteroatoms. The monoisotopic (exact) mass is 318 g/mol. The Morgan fingerprint density at radius 1 is 1.59 bits per heavy atom. The van der Waals surface area contributed by atoms with E-state index in [1.807, 2.05) is 7.05 Å². The van der Waals surface area contributed by atoms with Crippen LogP contribution < -0.4 is 4.90 Å². The van der Waals surface area contributed by atoms with Crippen LogP contribution in [-0.4, -0.2) is 48.1 Å². The van der Waals surface area contributed by atoms with Crippen LogP contribution in [0.5, 0.6) is 0 Å². The molecule has 0 bridgehead atoms. The van der Waals surface area contributed by atoms with E-state index in [4.69, 9.17) is 11.6 Å². The molecule has 0 spiro atoms. The van der Waals surface area contributed by atoms with Gasteiger partial charge in [-0.2, -0.15) is 0 Å². The first kappa shape index (κ1) is 13.1. The van der Waals surface area contributed by atoms with Gasteiger partial charge < -0.3 is 9.80 Å². The Morgan fingerprint density at radius 3 is 3.00 bits per heavy atom. The smallest absolute Gasteiger partial charge is 0.148 e. The van der Waals surface area contributed by atoms with E-state index in [1.165, 1.54) is 25.7 Å². The second-order valence-electron chi connectivity index (χ2n) is 4.46. The summed E-state index contributed by atoms with van der Waals surface area (Å²) in [5.74, 6) is 0.852. The van der Waals surface area contributed by atoms with Crippen molar-refractivity contribution in [3.8, 4) is 0 Å². The largest absolute Gasteiger partial charge is 0.357 e. The highest BCUT2D eigenvalue weighted by molar-refractivity contribution is 9.10. The van der Waals surface area contributed by atoms with Crippen LogP contribution in [-0.2, 0) is 0 Å². The average molecular weight is 320 g/mol. The van der Waals surface area contributed by atoms with Crippen molar-refractivity contribution >= 4 is 33.3 Å². The van der Waals surface area contributed by atoms with E-state index in [0.29, 0.717) is 11.2 Å². The predicted molar refractivity (Wildman–Crippen MR) is 73.7 cm³/mol. The molecule has 0 saturated carbocycles. The molecule has 1 unspecified atom stereocenters. The summed E-state index contributed by atoms with van der Waals surface area (Å²) in [7, 11) is 4.21. The molecular formula is C11H16BrClN4. The maximum atomic E-state index is 5.97. The summed E-state index contributed by atoms with van der Waals surface area (Å²) in [5.41, 5.74) is 0. The topological polar surface area (TPSA) is 32.3 Å². The summed E-state index contributed by atoms with van der Waals surface area (Å²) >= 11 is 9.40. The minimum atomic E-state index is 0.460. The van der Waals surface area contributed by atoms with Gasteiger partial charge in [-0.15, -0.1) is 0 Å². The molecule has 0 aliphatic carbocycles. The summed E-state index contributed by atoms with van der Waals surface area (Å²) < 4.78 is 0.768. The van der Waals surface area contributed by atoms with Gasteiger partial charge in [0.25, 0.3) is 0 Å². The molecule has 1 fully saturated rings. The van der Waals surface area contributed by atoms with Crippen molar-refractivity contribution in [1.29, 1.82) is 0 Å². The number of aromatic nitrogens is 2. The Morgan fingerprint density at radius 2 is 2.35 bits per heavy atom. The van der Waals surface area contributed by atoms with Crippen molar-refractivity contribution < 1.29 is 0 Å². The first-order chi connectivity index (χ1) is 8.09. The third-order valence-corrected chi connectivity index (χ3v) is 4.49. The van der Waals surface area contributed by atoms with Gasteiger partial charge in [-0.25, -0.2) is 9.97 Å². The van der Waals surface area contributed by atoms with Gasteiger partial charge in [-0.05, 0) is 42.4 Å². The Balaban J connectivity index is 2.09. The van der Waals surface area contributed by atoms with Crippen molar-refractivity contribution in [1.82, 2.24) is 14.9 Å². The van der Waals surface area contributed by atoms with Gasteiger partial charge in [-0.3, -0.25) is 0 Å². The van der Waals surface area contributed by atoms with E-state index >= 15 is 0 Å². The molecule has 2 heterocycles. The van der Waals surface area contributed by atoms with Crippen LogP contribution in [0.15, 0.2) is 10.8 Å². The summed E-state index contributed by atoms with van der Waals surface area (Å²) in [6.07, 6.45) is 4.02. The Hall–Kier alpha value is -0.390. The molecule has 1 aliphatic heterocycles. The molecule has 0 aromatic carbocycles. The second-order valence-corrected chi connectivity index (χ2v) is 5.61. The molecule has 1 aromatic rings. The fraction of sp³-hybridized carbons (Fsp3) is 0.636. The van der Waals surface area contributed by atoms with Gasteiger partial charge in [0.05, 0.1) is 4.47 Å². The molecule has 94 valence electrons. The van der Waals surface area contributed by atoms with Gasteiger partial charge in [0.1, 0.15) is 17.3 Å². The first-order valence-corrected chi connectivity index (χ1v) is 6.84. The Bertz CT molecular complexity index is 401. The zero-order chi connectivity index (χ0) is 12.4. The van der Waals surface area contributed by atoms with Gasteiger partial charge in [0.2, 0.25) is 0 Å². The summed E-state index contributed by atoms with van der Waals surface area (Å²) in [5, 5.41) is 0.460.